The van der Waals surface area contributed by atoms with Gasteiger partial charge in [0.05, 0.1) is 5.56 Å². The molecule has 0 aliphatic carbocycles. The number of carbonyl (C=O) groups excluding carboxylic acids is 2. The molecule has 0 aromatic heterocycles. The number of ketones is 1. The molecule has 124 valence electrons. The zero-order valence-electron chi connectivity index (χ0n) is 13.4. The molecule has 1 aliphatic rings. The minimum atomic E-state index is -0.121. The highest BCUT2D eigenvalue weighted by molar-refractivity contribution is 6.31. The van der Waals surface area contributed by atoms with Gasteiger partial charge in [-0.3, -0.25) is 9.59 Å². The summed E-state index contributed by atoms with van der Waals surface area (Å²) in [5.41, 5.74) is 2.52. The molecule has 1 aliphatic heterocycles. The number of fused-ring (bicyclic) bond motifs is 1. The lowest BCUT2D eigenvalue weighted by atomic mass is 10.1. The molecule has 1 heterocycles. The third kappa shape index (κ3) is 3.29. The van der Waals surface area contributed by atoms with Gasteiger partial charge in [0, 0.05) is 23.7 Å². The number of benzene rings is 2. The minimum absolute atomic E-state index is 0.0635. The fourth-order valence-electron chi connectivity index (χ4n) is 2.85. The Balaban J connectivity index is 1.73. The Morgan fingerprint density at radius 3 is 2.79 bits per heavy atom. The Morgan fingerprint density at radius 1 is 1.21 bits per heavy atom. The fourth-order valence-corrected chi connectivity index (χ4v) is 3.02. The van der Waals surface area contributed by atoms with Crippen molar-refractivity contribution in [3.05, 3.63) is 58.6 Å². The van der Waals surface area contributed by atoms with Crippen LogP contribution in [0.4, 0.5) is 5.69 Å². The second kappa shape index (κ2) is 7.05. The average Bonchev–Trinajstić information content (AvgIpc) is 3.03. The lowest BCUT2D eigenvalue weighted by Gasteiger charge is -2.18. The molecule has 0 N–H and O–H groups in total. The first-order valence-corrected chi connectivity index (χ1v) is 8.31. The van der Waals surface area contributed by atoms with E-state index < -0.39 is 0 Å². The highest BCUT2D eigenvalue weighted by Crippen LogP contribution is 2.28. The molecule has 0 saturated heterocycles. The summed E-state index contributed by atoms with van der Waals surface area (Å²) in [6.07, 6.45) is 1.20. The van der Waals surface area contributed by atoms with Crippen molar-refractivity contribution in [2.24, 2.45) is 0 Å². The molecule has 3 rings (SSSR count). The lowest BCUT2D eigenvalue weighted by molar-refractivity contribution is -0.120. The van der Waals surface area contributed by atoms with E-state index in [2.05, 4.69) is 0 Å². The van der Waals surface area contributed by atoms with Crippen LogP contribution in [0.25, 0.3) is 0 Å². The van der Waals surface area contributed by atoms with Gasteiger partial charge in [0.2, 0.25) is 0 Å². The van der Waals surface area contributed by atoms with Crippen LogP contribution in [-0.4, -0.2) is 24.8 Å². The van der Waals surface area contributed by atoms with Crippen LogP contribution >= 0.6 is 11.6 Å². The maximum atomic E-state index is 12.5. The van der Waals surface area contributed by atoms with E-state index >= 15 is 0 Å². The second-order valence-corrected chi connectivity index (χ2v) is 6.07. The second-order valence-electron chi connectivity index (χ2n) is 5.63. The molecular formula is C19H18ClNO3. The summed E-state index contributed by atoms with van der Waals surface area (Å²) in [6, 6.07) is 12.7. The van der Waals surface area contributed by atoms with Crippen molar-refractivity contribution < 1.29 is 14.3 Å². The smallest absolute Gasteiger partial charge is 0.264 e. The molecule has 0 bridgehead atoms. The van der Waals surface area contributed by atoms with Crippen LogP contribution < -0.4 is 9.64 Å². The van der Waals surface area contributed by atoms with Crippen molar-refractivity contribution in [2.45, 2.75) is 19.8 Å². The number of ether oxygens (including phenoxy) is 1. The van der Waals surface area contributed by atoms with Crippen LogP contribution in [0.1, 0.15) is 29.3 Å². The molecule has 1 amide bonds. The van der Waals surface area contributed by atoms with Crippen LogP contribution in [-0.2, 0) is 11.2 Å². The predicted octanol–water partition coefficient (Wildman–Crippen LogP) is 3.90. The Bertz CT molecular complexity index is 788. The van der Waals surface area contributed by atoms with Gasteiger partial charge < -0.3 is 9.64 Å². The molecule has 2 aromatic carbocycles. The van der Waals surface area contributed by atoms with E-state index in [9.17, 15) is 9.59 Å². The van der Waals surface area contributed by atoms with E-state index in [-0.39, 0.29) is 18.3 Å². The van der Waals surface area contributed by atoms with Gasteiger partial charge in [0.15, 0.2) is 12.4 Å². The number of para-hydroxylation sites is 1. The third-order valence-electron chi connectivity index (χ3n) is 4.10. The molecule has 0 unspecified atom stereocenters. The monoisotopic (exact) mass is 343 g/mol. The van der Waals surface area contributed by atoms with E-state index in [0.29, 0.717) is 29.3 Å². The maximum Gasteiger partial charge on any atom is 0.264 e. The topological polar surface area (TPSA) is 46.6 Å². The van der Waals surface area contributed by atoms with E-state index in [4.69, 9.17) is 16.3 Å². The zero-order valence-corrected chi connectivity index (χ0v) is 14.2. The normalized spacial score (nSPS) is 12.8. The number of nitrogens with zero attached hydrogens (tertiary/aromatic N) is 1. The third-order valence-corrected chi connectivity index (χ3v) is 4.34. The van der Waals surface area contributed by atoms with Gasteiger partial charge in [-0.2, -0.15) is 0 Å². The molecule has 0 radical (unpaired) electrons. The number of halogens is 1. The minimum Gasteiger partial charge on any atom is -0.483 e. The van der Waals surface area contributed by atoms with Crippen LogP contribution in [0.3, 0.4) is 0 Å². The van der Waals surface area contributed by atoms with E-state index in [1.165, 1.54) is 5.56 Å². The van der Waals surface area contributed by atoms with Gasteiger partial charge in [-0.05, 0) is 36.2 Å². The number of anilines is 1. The van der Waals surface area contributed by atoms with Gasteiger partial charge in [-0.15, -0.1) is 0 Å². The Kier molecular flexibility index (Phi) is 4.86. The number of hydrogen-bond donors (Lipinski definition) is 0. The summed E-state index contributed by atoms with van der Waals surface area (Å²) in [5, 5.41) is 0.471. The molecular weight excluding hydrogens is 326 g/mol. The van der Waals surface area contributed by atoms with Gasteiger partial charge in [-0.25, -0.2) is 0 Å². The molecule has 24 heavy (non-hydrogen) atoms. The van der Waals surface area contributed by atoms with E-state index in [1.807, 2.05) is 24.3 Å². The number of Topliss-reactive ketones (excluding diaryl/α,β-unsaturated/α-hetero) is 1. The summed E-state index contributed by atoms with van der Waals surface area (Å²) >= 11 is 5.96. The van der Waals surface area contributed by atoms with Crippen LogP contribution in [0, 0.1) is 0 Å². The van der Waals surface area contributed by atoms with Gasteiger partial charge in [0.25, 0.3) is 5.91 Å². The Morgan fingerprint density at radius 2 is 2.00 bits per heavy atom. The Hall–Kier alpha value is -2.33. The van der Waals surface area contributed by atoms with Gasteiger partial charge >= 0.3 is 0 Å². The van der Waals surface area contributed by atoms with Gasteiger partial charge in [0.1, 0.15) is 5.75 Å². The maximum absolute atomic E-state index is 12.5. The quantitative estimate of drug-likeness (QED) is 0.773. The summed E-state index contributed by atoms with van der Waals surface area (Å²) in [6.45, 7) is 2.32. The largest absolute Gasteiger partial charge is 0.483 e. The van der Waals surface area contributed by atoms with Crippen molar-refractivity contribution in [3.63, 3.8) is 0 Å². The standard InChI is InChI=1S/C19H18ClNO3/c1-2-17(22)15-11-14(20)7-8-18(15)24-12-19(23)21-10-9-13-5-3-4-6-16(13)21/h3-8,11H,2,9-10,12H2,1H3. The first kappa shape index (κ1) is 16.5. The first-order chi connectivity index (χ1) is 11.6. The highest BCUT2D eigenvalue weighted by atomic mass is 35.5. The summed E-state index contributed by atoms with van der Waals surface area (Å²) in [4.78, 5) is 26.2. The van der Waals surface area contributed by atoms with Crippen molar-refractivity contribution in [1.82, 2.24) is 0 Å². The molecule has 0 spiro atoms. The number of carbonyl (C=O) groups is 2. The van der Waals surface area contributed by atoms with Crippen LogP contribution in [0.15, 0.2) is 42.5 Å². The van der Waals surface area contributed by atoms with Crippen LogP contribution in [0.5, 0.6) is 5.75 Å². The average molecular weight is 344 g/mol. The van der Waals surface area contributed by atoms with Crippen molar-refractivity contribution in [1.29, 1.82) is 0 Å². The first-order valence-electron chi connectivity index (χ1n) is 7.94. The molecule has 5 heteroatoms. The van der Waals surface area contributed by atoms with E-state index in [1.54, 1.807) is 30.0 Å². The van der Waals surface area contributed by atoms with Crippen molar-refractivity contribution in [3.8, 4) is 5.75 Å². The fraction of sp³-hybridized carbons (Fsp3) is 0.263. The van der Waals surface area contributed by atoms with Crippen LogP contribution in [0.2, 0.25) is 5.02 Å². The summed E-state index contributed by atoms with van der Waals surface area (Å²) in [7, 11) is 0. The SMILES string of the molecule is CCC(=O)c1cc(Cl)ccc1OCC(=O)N1CCc2ccccc21. The lowest BCUT2D eigenvalue weighted by Crippen LogP contribution is -2.33. The number of hydrogen-bond acceptors (Lipinski definition) is 3. The molecule has 0 saturated carbocycles. The van der Waals surface area contributed by atoms with Crippen molar-refractivity contribution >= 4 is 29.0 Å². The Labute approximate surface area is 146 Å². The molecule has 2 aromatic rings. The van der Waals surface area contributed by atoms with Gasteiger partial charge in [-0.1, -0.05) is 36.7 Å². The molecule has 0 fully saturated rings. The number of amides is 1. The summed E-state index contributed by atoms with van der Waals surface area (Å²) < 4.78 is 5.63. The zero-order chi connectivity index (χ0) is 17.1. The predicted molar refractivity (Wildman–Crippen MR) is 94.1 cm³/mol. The highest BCUT2D eigenvalue weighted by Gasteiger charge is 2.24. The van der Waals surface area contributed by atoms with E-state index in [0.717, 1.165) is 12.1 Å². The number of rotatable bonds is 5. The van der Waals surface area contributed by atoms with Crippen molar-refractivity contribution in [2.75, 3.05) is 18.1 Å². The summed E-state index contributed by atoms with van der Waals surface area (Å²) in [5.74, 6) is 0.211. The molecule has 4 nitrogen and oxygen atoms in total. The molecule has 0 atom stereocenters.